The smallest absolute Gasteiger partial charge is 0.160 e. The van der Waals surface area contributed by atoms with E-state index in [9.17, 15) is 0 Å². The molecule has 4 nitrogen and oxygen atoms in total. The van der Waals surface area contributed by atoms with Crippen LogP contribution in [0.2, 0.25) is 0 Å². The monoisotopic (exact) mass is 677 g/mol. The minimum absolute atomic E-state index is 0.345. The Morgan fingerprint density at radius 3 is 2.02 bits per heavy atom. The Hall–Kier alpha value is -7.04. The van der Waals surface area contributed by atoms with Crippen LogP contribution in [0.3, 0.4) is 0 Å². The number of amidine groups is 2. The number of benzene rings is 9. The Morgan fingerprint density at radius 2 is 1.13 bits per heavy atom. The van der Waals surface area contributed by atoms with E-state index in [-0.39, 0.29) is 6.17 Å². The maximum atomic E-state index is 6.50. The van der Waals surface area contributed by atoms with E-state index >= 15 is 0 Å². The molecular formula is C49H31N3O. The van der Waals surface area contributed by atoms with E-state index in [1.165, 1.54) is 43.3 Å². The third-order valence-corrected chi connectivity index (χ3v) is 10.7. The fourth-order valence-electron chi connectivity index (χ4n) is 8.13. The van der Waals surface area contributed by atoms with E-state index in [4.69, 9.17) is 14.4 Å². The van der Waals surface area contributed by atoms with Gasteiger partial charge in [-0.3, -0.25) is 0 Å². The summed E-state index contributed by atoms with van der Waals surface area (Å²) >= 11 is 0. The third kappa shape index (κ3) is 4.84. The second-order valence-electron chi connectivity index (χ2n) is 13.8. The molecule has 0 saturated heterocycles. The topological polar surface area (TPSA) is 49.9 Å². The molecule has 1 aliphatic rings. The highest BCUT2D eigenvalue weighted by molar-refractivity contribution is 6.27. The van der Waals surface area contributed by atoms with E-state index in [1.54, 1.807) is 0 Å². The summed E-state index contributed by atoms with van der Waals surface area (Å²) < 4.78 is 6.50. The van der Waals surface area contributed by atoms with Gasteiger partial charge in [0.25, 0.3) is 0 Å². The lowest BCUT2D eigenvalue weighted by Gasteiger charge is -2.24. The number of furan rings is 1. The standard InChI is InChI=1S/C49H31N3O/c1-2-13-32(14-3-1)47-50-48(52-49(51-47)42-29-41-36-16-7-6-12-31(36)23-25-39(41)37-17-8-9-18-38(37)42)40-19-10-20-45-46(40)43-28-35(24-26-44(43)53-45)34-22-21-30-11-4-5-15-33(30)27-34/h1-29,47H,(H,50,51,52). The minimum Gasteiger partial charge on any atom is -0.456 e. The molecule has 248 valence electrons. The van der Waals surface area contributed by atoms with Gasteiger partial charge in [-0.25, -0.2) is 9.98 Å². The Kier molecular flexibility index (Phi) is 6.58. The van der Waals surface area contributed by atoms with Crippen molar-refractivity contribution in [3.63, 3.8) is 0 Å². The normalized spacial score (nSPS) is 14.6. The lowest BCUT2D eigenvalue weighted by Crippen LogP contribution is -2.33. The highest BCUT2D eigenvalue weighted by Gasteiger charge is 2.25. The van der Waals surface area contributed by atoms with Crippen molar-refractivity contribution in [2.45, 2.75) is 6.17 Å². The lowest BCUT2D eigenvalue weighted by atomic mass is 9.93. The van der Waals surface area contributed by atoms with Gasteiger partial charge in [-0.1, -0.05) is 146 Å². The Labute approximate surface area is 305 Å². The van der Waals surface area contributed by atoms with E-state index in [1.807, 2.05) is 12.1 Å². The van der Waals surface area contributed by atoms with Crippen LogP contribution in [0.25, 0.3) is 76.2 Å². The maximum absolute atomic E-state index is 6.50. The Bertz CT molecular complexity index is 3150. The number of nitrogens with zero attached hydrogens (tertiary/aromatic N) is 2. The first-order valence-corrected chi connectivity index (χ1v) is 18.0. The lowest BCUT2D eigenvalue weighted by molar-refractivity contribution is 0.668. The summed E-state index contributed by atoms with van der Waals surface area (Å²) in [5, 5.41) is 15.4. The van der Waals surface area contributed by atoms with Gasteiger partial charge in [-0.2, -0.15) is 0 Å². The van der Waals surface area contributed by atoms with Gasteiger partial charge >= 0.3 is 0 Å². The molecule has 0 saturated carbocycles. The quantitative estimate of drug-likeness (QED) is 0.189. The highest BCUT2D eigenvalue weighted by Crippen LogP contribution is 2.38. The molecule has 11 rings (SSSR count). The molecule has 53 heavy (non-hydrogen) atoms. The second kappa shape index (κ2) is 11.8. The molecule has 0 bridgehead atoms. The first-order valence-electron chi connectivity index (χ1n) is 18.0. The van der Waals surface area contributed by atoms with Gasteiger partial charge in [-0.15, -0.1) is 0 Å². The van der Waals surface area contributed by atoms with Crippen molar-refractivity contribution >= 4 is 76.7 Å². The molecule has 1 atom stereocenters. The molecule has 2 heterocycles. The van der Waals surface area contributed by atoms with Crippen LogP contribution < -0.4 is 5.32 Å². The molecule has 9 aromatic carbocycles. The fourth-order valence-corrected chi connectivity index (χ4v) is 8.13. The number of fused-ring (bicyclic) bond motifs is 9. The molecule has 10 aromatic rings. The van der Waals surface area contributed by atoms with Gasteiger partial charge in [0, 0.05) is 21.9 Å². The second-order valence-corrected chi connectivity index (χ2v) is 13.8. The zero-order valence-corrected chi connectivity index (χ0v) is 28.6. The molecule has 1 N–H and O–H groups in total. The van der Waals surface area contributed by atoms with Crippen molar-refractivity contribution in [3.05, 3.63) is 193 Å². The predicted octanol–water partition coefficient (Wildman–Crippen LogP) is 12.4. The van der Waals surface area contributed by atoms with Crippen LogP contribution in [0.4, 0.5) is 0 Å². The number of aliphatic imine (C=N–C) groups is 2. The van der Waals surface area contributed by atoms with Crippen molar-refractivity contribution in [2.24, 2.45) is 9.98 Å². The molecule has 0 spiro atoms. The van der Waals surface area contributed by atoms with Crippen LogP contribution in [0.5, 0.6) is 0 Å². The first kappa shape index (κ1) is 29.7. The summed E-state index contributed by atoms with van der Waals surface area (Å²) in [5.74, 6) is 1.45. The van der Waals surface area contributed by atoms with Gasteiger partial charge in [0.1, 0.15) is 23.2 Å². The zero-order valence-electron chi connectivity index (χ0n) is 28.6. The van der Waals surface area contributed by atoms with Crippen LogP contribution >= 0.6 is 0 Å². The molecule has 0 fully saturated rings. The van der Waals surface area contributed by atoms with Crippen LogP contribution in [-0.2, 0) is 0 Å². The minimum atomic E-state index is -0.345. The van der Waals surface area contributed by atoms with Crippen molar-refractivity contribution < 1.29 is 4.42 Å². The third-order valence-electron chi connectivity index (χ3n) is 10.7. The van der Waals surface area contributed by atoms with Crippen molar-refractivity contribution in [1.29, 1.82) is 0 Å². The number of hydrogen-bond donors (Lipinski definition) is 1. The fraction of sp³-hybridized carbons (Fsp3) is 0.0204. The van der Waals surface area contributed by atoms with Crippen LogP contribution in [0.15, 0.2) is 190 Å². The summed E-state index contributed by atoms with van der Waals surface area (Å²) in [4.78, 5) is 10.7. The number of hydrogen-bond acceptors (Lipinski definition) is 4. The summed E-state index contributed by atoms with van der Waals surface area (Å²) in [5.41, 5.74) is 7.01. The molecule has 1 aromatic heterocycles. The molecule has 4 heteroatoms. The van der Waals surface area contributed by atoms with Crippen molar-refractivity contribution in [3.8, 4) is 11.1 Å². The number of rotatable bonds is 4. The summed E-state index contributed by atoms with van der Waals surface area (Å²) in [6.45, 7) is 0. The molecule has 0 amide bonds. The van der Waals surface area contributed by atoms with E-state index in [2.05, 4.69) is 169 Å². The molecule has 1 aliphatic heterocycles. The molecule has 1 unspecified atom stereocenters. The van der Waals surface area contributed by atoms with Crippen LogP contribution in [-0.4, -0.2) is 11.7 Å². The SMILES string of the molecule is c1ccc(C2N=C(c3cc4c5ccccc5ccc4c4ccccc34)N=C(c3cccc4oc5ccc(-c6ccc7ccccc7c6)cc5c34)N2)cc1. The summed E-state index contributed by atoms with van der Waals surface area (Å²) in [7, 11) is 0. The van der Waals surface area contributed by atoms with E-state index in [0.29, 0.717) is 5.84 Å². The molecule has 0 aliphatic carbocycles. The molecular weight excluding hydrogens is 647 g/mol. The molecule has 0 radical (unpaired) electrons. The summed E-state index contributed by atoms with van der Waals surface area (Å²) in [6.07, 6.45) is -0.345. The Morgan fingerprint density at radius 1 is 0.434 bits per heavy atom. The van der Waals surface area contributed by atoms with Crippen LogP contribution in [0.1, 0.15) is 22.9 Å². The van der Waals surface area contributed by atoms with Crippen molar-refractivity contribution in [1.82, 2.24) is 5.32 Å². The van der Waals surface area contributed by atoms with Crippen molar-refractivity contribution in [2.75, 3.05) is 0 Å². The van der Waals surface area contributed by atoms with Gasteiger partial charge in [0.2, 0.25) is 0 Å². The van der Waals surface area contributed by atoms with Crippen LogP contribution in [0, 0.1) is 0 Å². The number of nitrogens with one attached hydrogen (secondary N) is 1. The maximum Gasteiger partial charge on any atom is 0.160 e. The average Bonchev–Trinajstić information content (AvgIpc) is 3.61. The average molecular weight is 678 g/mol. The van der Waals surface area contributed by atoms with E-state index < -0.39 is 0 Å². The highest BCUT2D eigenvalue weighted by atomic mass is 16.3. The van der Waals surface area contributed by atoms with Gasteiger partial charge in [0.05, 0.1) is 0 Å². The Balaban J connectivity index is 1.14. The van der Waals surface area contributed by atoms with Gasteiger partial charge in [-0.05, 0) is 90.1 Å². The van der Waals surface area contributed by atoms with E-state index in [0.717, 1.165) is 55.4 Å². The summed E-state index contributed by atoms with van der Waals surface area (Å²) in [6, 6.07) is 62.2. The van der Waals surface area contributed by atoms with Gasteiger partial charge < -0.3 is 9.73 Å². The first-order chi connectivity index (χ1) is 26.2. The zero-order chi connectivity index (χ0) is 34.9. The van der Waals surface area contributed by atoms with Gasteiger partial charge in [0.15, 0.2) is 5.84 Å². The largest absolute Gasteiger partial charge is 0.456 e. The predicted molar refractivity (Wildman–Crippen MR) is 221 cm³/mol.